The van der Waals surface area contributed by atoms with Crippen molar-refractivity contribution < 1.29 is 4.74 Å². The summed E-state index contributed by atoms with van der Waals surface area (Å²) < 4.78 is 6.30. The summed E-state index contributed by atoms with van der Waals surface area (Å²) in [6.07, 6.45) is 2.39. The number of halogens is 2. The zero-order valence-corrected chi connectivity index (χ0v) is 15.1. The molecule has 0 radical (unpaired) electrons. The highest BCUT2D eigenvalue weighted by atomic mass is 79.9. The predicted molar refractivity (Wildman–Crippen MR) is 89.3 cm³/mol. The molecule has 108 valence electrons. The van der Waals surface area contributed by atoms with Crippen molar-refractivity contribution in [1.29, 1.82) is 0 Å². The number of nitrogens with zero attached hydrogens (tertiary/aromatic N) is 1. The molecule has 0 aliphatic carbocycles. The molecule has 0 heterocycles. The van der Waals surface area contributed by atoms with E-state index in [0.717, 1.165) is 28.6 Å². The van der Waals surface area contributed by atoms with Crippen molar-refractivity contribution in [2.75, 3.05) is 19.0 Å². The standard InChI is InChI=1S/C15H23Br2NO/c1-4-13(5-2)18(9-8-16)11-12-6-7-15(19-3)14(17)10-12/h6-7,10,13H,4-5,8-9,11H2,1-3H3. The van der Waals surface area contributed by atoms with Gasteiger partial charge in [-0.05, 0) is 46.5 Å². The molecule has 0 aromatic heterocycles. The molecule has 0 saturated carbocycles. The molecule has 0 spiro atoms. The summed E-state index contributed by atoms with van der Waals surface area (Å²) in [5, 5.41) is 1.01. The minimum atomic E-state index is 0.651. The van der Waals surface area contributed by atoms with Gasteiger partial charge in [0.05, 0.1) is 11.6 Å². The molecule has 0 saturated heterocycles. The van der Waals surface area contributed by atoms with E-state index in [1.54, 1.807) is 7.11 Å². The molecule has 4 heteroatoms. The van der Waals surface area contributed by atoms with Crippen LogP contribution in [-0.4, -0.2) is 29.9 Å². The van der Waals surface area contributed by atoms with Gasteiger partial charge >= 0.3 is 0 Å². The van der Waals surface area contributed by atoms with E-state index < -0.39 is 0 Å². The number of hydrogen-bond acceptors (Lipinski definition) is 2. The monoisotopic (exact) mass is 391 g/mol. The van der Waals surface area contributed by atoms with Gasteiger partial charge in [-0.2, -0.15) is 0 Å². The lowest BCUT2D eigenvalue weighted by atomic mass is 10.1. The van der Waals surface area contributed by atoms with Crippen LogP contribution >= 0.6 is 31.9 Å². The molecule has 0 aliphatic rings. The Morgan fingerprint density at radius 2 is 1.95 bits per heavy atom. The van der Waals surface area contributed by atoms with Crippen LogP contribution in [0.3, 0.4) is 0 Å². The molecular formula is C15H23Br2NO. The number of rotatable bonds is 8. The lowest BCUT2D eigenvalue weighted by Gasteiger charge is -2.30. The first-order valence-corrected chi connectivity index (χ1v) is 8.70. The Labute approximate surface area is 133 Å². The van der Waals surface area contributed by atoms with E-state index >= 15 is 0 Å². The van der Waals surface area contributed by atoms with Crippen molar-refractivity contribution in [2.24, 2.45) is 0 Å². The molecule has 0 atom stereocenters. The summed E-state index contributed by atoms with van der Waals surface area (Å²) in [6.45, 7) is 6.59. The third kappa shape index (κ3) is 5.09. The summed E-state index contributed by atoms with van der Waals surface area (Å²) in [4.78, 5) is 2.54. The topological polar surface area (TPSA) is 12.5 Å². The third-order valence-electron chi connectivity index (χ3n) is 3.43. The van der Waals surface area contributed by atoms with Gasteiger partial charge in [0.15, 0.2) is 0 Å². The van der Waals surface area contributed by atoms with Crippen molar-refractivity contribution in [3.05, 3.63) is 28.2 Å². The van der Waals surface area contributed by atoms with Crippen LogP contribution in [0.15, 0.2) is 22.7 Å². The van der Waals surface area contributed by atoms with Crippen LogP contribution in [0.1, 0.15) is 32.3 Å². The van der Waals surface area contributed by atoms with Crippen molar-refractivity contribution in [1.82, 2.24) is 4.90 Å². The Bertz CT molecular complexity index is 380. The van der Waals surface area contributed by atoms with Gasteiger partial charge in [-0.15, -0.1) is 0 Å². The molecule has 0 amide bonds. The number of benzene rings is 1. The van der Waals surface area contributed by atoms with Crippen LogP contribution in [0.4, 0.5) is 0 Å². The van der Waals surface area contributed by atoms with Gasteiger partial charge in [-0.3, -0.25) is 4.90 Å². The van der Waals surface area contributed by atoms with Gasteiger partial charge in [0.25, 0.3) is 0 Å². The number of ether oxygens (including phenoxy) is 1. The van der Waals surface area contributed by atoms with Gasteiger partial charge in [-0.1, -0.05) is 35.8 Å². The highest BCUT2D eigenvalue weighted by Crippen LogP contribution is 2.26. The maximum absolute atomic E-state index is 5.27. The van der Waals surface area contributed by atoms with Crippen LogP contribution in [0.25, 0.3) is 0 Å². The SMILES string of the molecule is CCC(CC)N(CCBr)Cc1ccc(OC)c(Br)c1. The predicted octanol–water partition coefficient (Wildman–Crippen LogP) is 4.84. The van der Waals surface area contributed by atoms with Gasteiger partial charge in [0, 0.05) is 24.5 Å². The Balaban J connectivity index is 2.81. The van der Waals surface area contributed by atoms with Gasteiger partial charge in [0.2, 0.25) is 0 Å². The van der Waals surface area contributed by atoms with Crippen LogP contribution in [0.2, 0.25) is 0 Å². The van der Waals surface area contributed by atoms with Gasteiger partial charge < -0.3 is 4.74 Å². The van der Waals surface area contributed by atoms with Crippen molar-refractivity contribution >= 4 is 31.9 Å². The first kappa shape index (κ1) is 17.0. The van der Waals surface area contributed by atoms with Crippen molar-refractivity contribution in [3.63, 3.8) is 0 Å². The Kier molecular flexibility index (Phi) is 8.03. The molecule has 0 aliphatic heterocycles. The Morgan fingerprint density at radius 3 is 2.42 bits per heavy atom. The summed E-state index contributed by atoms with van der Waals surface area (Å²) in [6, 6.07) is 6.98. The smallest absolute Gasteiger partial charge is 0.133 e. The van der Waals surface area contributed by atoms with Gasteiger partial charge in [0.1, 0.15) is 5.75 Å². The van der Waals surface area contributed by atoms with E-state index in [2.05, 4.69) is 62.7 Å². The van der Waals surface area contributed by atoms with Crippen LogP contribution < -0.4 is 4.74 Å². The average molecular weight is 393 g/mol. The molecule has 0 unspecified atom stereocenters. The first-order chi connectivity index (χ1) is 9.15. The maximum atomic E-state index is 5.27. The second-order valence-electron chi connectivity index (χ2n) is 4.60. The number of methoxy groups -OCH3 is 1. The number of alkyl halides is 1. The molecule has 1 aromatic carbocycles. The molecule has 1 rings (SSSR count). The van der Waals surface area contributed by atoms with Crippen LogP contribution in [-0.2, 0) is 6.54 Å². The van der Waals surface area contributed by atoms with Crippen LogP contribution in [0, 0.1) is 0 Å². The minimum Gasteiger partial charge on any atom is -0.496 e. The second-order valence-corrected chi connectivity index (χ2v) is 6.25. The molecule has 2 nitrogen and oxygen atoms in total. The molecule has 1 aromatic rings. The fraction of sp³-hybridized carbons (Fsp3) is 0.600. The summed E-state index contributed by atoms with van der Waals surface area (Å²) >= 11 is 7.11. The lowest BCUT2D eigenvalue weighted by molar-refractivity contribution is 0.189. The van der Waals surface area contributed by atoms with Gasteiger partial charge in [-0.25, -0.2) is 0 Å². The third-order valence-corrected chi connectivity index (χ3v) is 4.41. The first-order valence-electron chi connectivity index (χ1n) is 6.78. The summed E-state index contributed by atoms with van der Waals surface area (Å²) in [5.74, 6) is 0.887. The molecule has 0 fully saturated rings. The second kappa shape index (κ2) is 8.98. The minimum absolute atomic E-state index is 0.651. The van der Waals surface area contributed by atoms with E-state index in [4.69, 9.17) is 4.74 Å². The quantitative estimate of drug-likeness (QED) is 0.586. The number of hydrogen-bond donors (Lipinski definition) is 0. The van der Waals surface area contributed by atoms with E-state index in [0.29, 0.717) is 6.04 Å². The molecular weight excluding hydrogens is 370 g/mol. The van der Waals surface area contributed by atoms with E-state index in [-0.39, 0.29) is 0 Å². The zero-order valence-electron chi connectivity index (χ0n) is 12.0. The Hall–Kier alpha value is -0.0600. The maximum Gasteiger partial charge on any atom is 0.133 e. The molecule has 0 N–H and O–H groups in total. The normalized spacial score (nSPS) is 11.3. The summed E-state index contributed by atoms with van der Waals surface area (Å²) in [5.41, 5.74) is 1.32. The highest BCUT2D eigenvalue weighted by Gasteiger charge is 2.15. The fourth-order valence-electron chi connectivity index (χ4n) is 2.35. The fourth-order valence-corrected chi connectivity index (χ4v) is 3.39. The zero-order chi connectivity index (χ0) is 14.3. The molecule has 0 bridgehead atoms. The van der Waals surface area contributed by atoms with Crippen molar-refractivity contribution in [2.45, 2.75) is 39.3 Å². The van der Waals surface area contributed by atoms with Crippen LogP contribution in [0.5, 0.6) is 5.75 Å². The highest BCUT2D eigenvalue weighted by molar-refractivity contribution is 9.10. The largest absolute Gasteiger partial charge is 0.496 e. The molecule has 19 heavy (non-hydrogen) atoms. The Morgan fingerprint density at radius 1 is 1.26 bits per heavy atom. The van der Waals surface area contributed by atoms with E-state index in [1.807, 2.05) is 6.07 Å². The summed E-state index contributed by atoms with van der Waals surface area (Å²) in [7, 11) is 1.70. The lowest BCUT2D eigenvalue weighted by Crippen LogP contribution is -2.35. The average Bonchev–Trinajstić information content (AvgIpc) is 2.40. The van der Waals surface area contributed by atoms with Crippen molar-refractivity contribution in [3.8, 4) is 5.75 Å². The van der Waals surface area contributed by atoms with E-state index in [9.17, 15) is 0 Å². The van der Waals surface area contributed by atoms with E-state index in [1.165, 1.54) is 18.4 Å².